The Morgan fingerprint density at radius 3 is 2.20 bits per heavy atom. The van der Waals surface area contributed by atoms with E-state index in [1.165, 1.54) is 12.8 Å². The molecule has 0 radical (unpaired) electrons. The summed E-state index contributed by atoms with van der Waals surface area (Å²) in [6.45, 7) is 13.6. The maximum absolute atomic E-state index is 4.23. The van der Waals surface area contributed by atoms with Crippen LogP contribution in [0.15, 0.2) is 12.3 Å². The lowest BCUT2D eigenvalue weighted by Crippen LogP contribution is -2.26. The van der Waals surface area contributed by atoms with Crippen LogP contribution in [0.5, 0.6) is 0 Å². The number of hydrogen-bond acceptors (Lipinski definition) is 2. The summed E-state index contributed by atoms with van der Waals surface area (Å²) in [5.41, 5.74) is 1.09. The zero-order valence-corrected chi connectivity index (χ0v) is 14.2. The molecule has 116 valence electrons. The van der Waals surface area contributed by atoms with E-state index in [9.17, 15) is 0 Å². The average molecular weight is 279 g/mol. The number of hydrogen-bond donors (Lipinski definition) is 1. The summed E-state index contributed by atoms with van der Waals surface area (Å²) < 4.78 is 1.95. The van der Waals surface area contributed by atoms with Crippen LogP contribution in [-0.4, -0.2) is 22.4 Å². The molecule has 2 atom stereocenters. The molecule has 20 heavy (non-hydrogen) atoms. The van der Waals surface area contributed by atoms with E-state index in [4.69, 9.17) is 0 Å². The van der Waals surface area contributed by atoms with E-state index < -0.39 is 0 Å². The maximum atomic E-state index is 4.23. The molecule has 2 aliphatic carbocycles. The van der Waals surface area contributed by atoms with Gasteiger partial charge in [0.25, 0.3) is 0 Å². The molecular weight excluding hydrogens is 246 g/mol. The Hall–Kier alpha value is -0.830. The van der Waals surface area contributed by atoms with E-state index in [2.05, 4.69) is 31.2 Å². The molecule has 1 N–H and O–H groups in total. The molecule has 3 rings (SSSR count). The van der Waals surface area contributed by atoms with Gasteiger partial charge in [-0.05, 0) is 64.5 Å². The fourth-order valence-corrected chi connectivity index (χ4v) is 2.89. The Morgan fingerprint density at radius 2 is 1.85 bits per heavy atom. The first-order chi connectivity index (χ1) is 9.60. The first-order valence-corrected chi connectivity index (χ1v) is 8.35. The molecular formula is C17H33N3. The molecule has 0 amide bonds. The topological polar surface area (TPSA) is 29.9 Å². The highest BCUT2D eigenvalue weighted by molar-refractivity contribution is 4.98. The summed E-state index contributed by atoms with van der Waals surface area (Å²) in [6, 6.07) is 3.39. The van der Waals surface area contributed by atoms with Crippen molar-refractivity contribution in [1.82, 2.24) is 15.1 Å². The Kier molecular flexibility index (Phi) is 7.28. The third-order valence-electron chi connectivity index (χ3n) is 4.01. The van der Waals surface area contributed by atoms with E-state index in [0.717, 1.165) is 30.1 Å². The molecule has 0 bridgehead atoms. The molecule has 0 aliphatic heterocycles. The van der Waals surface area contributed by atoms with Gasteiger partial charge in [-0.25, -0.2) is 0 Å². The van der Waals surface area contributed by atoms with Crippen LogP contribution in [0.3, 0.4) is 0 Å². The minimum Gasteiger partial charge on any atom is -0.314 e. The van der Waals surface area contributed by atoms with Crippen LogP contribution in [0, 0.1) is 18.8 Å². The van der Waals surface area contributed by atoms with Gasteiger partial charge in [0.05, 0.1) is 5.69 Å². The van der Waals surface area contributed by atoms with E-state index in [0.29, 0.717) is 6.04 Å². The number of aryl methyl sites for hydroxylation is 1. The molecule has 1 heterocycles. The van der Waals surface area contributed by atoms with E-state index >= 15 is 0 Å². The quantitative estimate of drug-likeness (QED) is 0.899. The van der Waals surface area contributed by atoms with E-state index in [1.807, 2.05) is 37.7 Å². The van der Waals surface area contributed by atoms with Gasteiger partial charge in [-0.1, -0.05) is 20.8 Å². The van der Waals surface area contributed by atoms with Gasteiger partial charge in [-0.15, -0.1) is 0 Å². The van der Waals surface area contributed by atoms with Crippen LogP contribution >= 0.6 is 0 Å². The second-order valence-electron chi connectivity index (χ2n) is 6.01. The maximum Gasteiger partial charge on any atom is 0.0593 e. The third-order valence-corrected chi connectivity index (χ3v) is 4.01. The summed E-state index contributed by atoms with van der Waals surface area (Å²) >= 11 is 0. The van der Waals surface area contributed by atoms with Crippen LogP contribution in [0.25, 0.3) is 0 Å². The fraction of sp³-hybridized carbons (Fsp3) is 0.824. The Bertz CT molecular complexity index is 360. The lowest BCUT2D eigenvalue weighted by Gasteiger charge is -2.10. The average Bonchev–Trinajstić information content (AvgIpc) is 2.85. The minimum atomic E-state index is 0.485. The third kappa shape index (κ3) is 5.28. The summed E-state index contributed by atoms with van der Waals surface area (Å²) in [6.07, 6.45) is 6.49. The SMILES string of the molecule is CC.CCNC1CC2CC2C1.Cc1ccn(C(C)C)n1. The summed E-state index contributed by atoms with van der Waals surface area (Å²) in [5.74, 6) is 2.27. The zero-order valence-electron chi connectivity index (χ0n) is 14.2. The fourth-order valence-electron chi connectivity index (χ4n) is 2.89. The normalized spacial score (nSPS) is 26.2. The molecule has 0 saturated heterocycles. The van der Waals surface area contributed by atoms with Gasteiger partial charge < -0.3 is 5.32 Å². The van der Waals surface area contributed by atoms with Gasteiger partial charge in [0.2, 0.25) is 0 Å². The number of rotatable bonds is 3. The zero-order chi connectivity index (χ0) is 15.1. The first-order valence-electron chi connectivity index (χ1n) is 8.35. The highest BCUT2D eigenvalue weighted by atomic mass is 15.3. The van der Waals surface area contributed by atoms with Gasteiger partial charge in [-0.3, -0.25) is 4.68 Å². The number of nitrogens with zero attached hydrogens (tertiary/aromatic N) is 2. The predicted molar refractivity (Wildman–Crippen MR) is 87.0 cm³/mol. The number of nitrogens with one attached hydrogen (secondary N) is 1. The molecule has 1 aromatic rings. The van der Waals surface area contributed by atoms with Crippen LogP contribution < -0.4 is 5.32 Å². The van der Waals surface area contributed by atoms with Crippen molar-refractivity contribution < 1.29 is 0 Å². The van der Waals surface area contributed by atoms with Gasteiger partial charge in [0, 0.05) is 18.3 Å². The van der Waals surface area contributed by atoms with Crippen molar-refractivity contribution in [2.45, 2.75) is 72.9 Å². The van der Waals surface area contributed by atoms with Crippen molar-refractivity contribution in [2.24, 2.45) is 11.8 Å². The summed E-state index contributed by atoms with van der Waals surface area (Å²) in [7, 11) is 0. The molecule has 0 spiro atoms. The molecule has 0 aromatic carbocycles. The molecule has 2 fully saturated rings. The monoisotopic (exact) mass is 279 g/mol. The standard InChI is InChI=1S/C8H15N.C7H12N2.C2H6/c1-2-9-8-4-6-3-7(6)5-8;1-6(2)9-5-4-7(3)8-9;1-2/h6-9H,2-5H2,1H3;4-6H,1-3H3;1-2H3. The second kappa shape index (κ2) is 8.46. The van der Waals surface area contributed by atoms with Crippen molar-refractivity contribution in [2.75, 3.05) is 6.54 Å². The second-order valence-corrected chi connectivity index (χ2v) is 6.01. The van der Waals surface area contributed by atoms with Crippen LogP contribution in [0.1, 0.15) is 65.6 Å². The van der Waals surface area contributed by atoms with E-state index in [-0.39, 0.29) is 0 Å². The number of aromatic nitrogens is 2. The van der Waals surface area contributed by atoms with Crippen LogP contribution in [0.2, 0.25) is 0 Å². The summed E-state index contributed by atoms with van der Waals surface area (Å²) in [4.78, 5) is 0. The predicted octanol–water partition coefficient (Wildman–Crippen LogP) is 4.19. The van der Waals surface area contributed by atoms with Crippen molar-refractivity contribution in [3.8, 4) is 0 Å². The minimum absolute atomic E-state index is 0.485. The highest BCUT2D eigenvalue weighted by Crippen LogP contribution is 2.51. The molecule has 1 aromatic heterocycles. The molecule has 2 unspecified atom stereocenters. The van der Waals surface area contributed by atoms with Crippen molar-refractivity contribution in [3.63, 3.8) is 0 Å². The lowest BCUT2D eigenvalue weighted by molar-refractivity contribution is 0.495. The first kappa shape index (κ1) is 17.2. The van der Waals surface area contributed by atoms with Gasteiger partial charge in [-0.2, -0.15) is 5.10 Å². The molecule has 3 heteroatoms. The Labute approximate surface area is 125 Å². The van der Waals surface area contributed by atoms with Gasteiger partial charge in [0.15, 0.2) is 0 Å². The smallest absolute Gasteiger partial charge is 0.0593 e. The van der Waals surface area contributed by atoms with Crippen molar-refractivity contribution >= 4 is 0 Å². The van der Waals surface area contributed by atoms with Gasteiger partial charge in [0.1, 0.15) is 0 Å². The van der Waals surface area contributed by atoms with Crippen LogP contribution in [-0.2, 0) is 0 Å². The number of fused-ring (bicyclic) bond motifs is 1. The highest BCUT2D eigenvalue weighted by Gasteiger charge is 2.45. The largest absolute Gasteiger partial charge is 0.314 e. The Morgan fingerprint density at radius 1 is 1.25 bits per heavy atom. The van der Waals surface area contributed by atoms with Crippen molar-refractivity contribution in [1.29, 1.82) is 0 Å². The van der Waals surface area contributed by atoms with Crippen LogP contribution in [0.4, 0.5) is 0 Å². The summed E-state index contributed by atoms with van der Waals surface area (Å²) in [5, 5.41) is 7.73. The van der Waals surface area contributed by atoms with E-state index in [1.54, 1.807) is 6.42 Å². The molecule has 2 aliphatic rings. The Balaban J connectivity index is 0.000000178. The molecule has 2 saturated carbocycles. The van der Waals surface area contributed by atoms with Crippen molar-refractivity contribution in [3.05, 3.63) is 18.0 Å². The lowest BCUT2D eigenvalue weighted by atomic mass is 10.2. The van der Waals surface area contributed by atoms with Gasteiger partial charge >= 0.3 is 0 Å². The molecule has 3 nitrogen and oxygen atoms in total.